The second kappa shape index (κ2) is 8.39. The molecule has 0 N–H and O–H groups in total. The Kier molecular flexibility index (Phi) is 5.75. The lowest BCUT2D eigenvalue weighted by atomic mass is 10.1. The maximum absolute atomic E-state index is 11.9. The van der Waals surface area contributed by atoms with E-state index in [1.54, 1.807) is 24.3 Å². The number of carbonyl (C=O) groups excluding carboxylic acids is 2. The van der Waals surface area contributed by atoms with Gasteiger partial charge in [-0.3, -0.25) is 4.79 Å². The highest BCUT2D eigenvalue weighted by molar-refractivity contribution is 7.13. The van der Waals surface area contributed by atoms with Crippen molar-refractivity contribution in [2.45, 2.75) is 19.4 Å². The summed E-state index contributed by atoms with van der Waals surface area (Å²) < 4.78 is 14.9. The number of benzene rings is 1. The average molecular weight is 372 g/mol. The fraction of sp³-hybridized carbons (Fsp3) is 0.222. The molecule has 134 valence electrons. The standard InChI is InChI=1S/C18H16N2O5S/c1-23-18(22)13-7-4-12(5-8-13)6-9-16(21)24-11-15-19-17(25-20-15)14-3-2-10-26-14/h2-5,7-8,10H,6,9,11H2,1H3. The van der Waals surface area contributed by atoms with E-state index in [4.69, 9.17) is 9.26 Å². The van der Waals surface area contributed by atoms with E-state index < -0.39 is 5.97 Å². The second-order valence-corrected chi connectivity index (χ2v) is 6.29. The van der Waals surface area contributed by atoms with Crippen molar-refractivity contribution in [2.75, 3.05) is 7.11 Å². The van der Waals surface area contributed by atoms with Gasteiger partial charge in [0.1, 0.15) is 0 Å². The molecule has 0 atom stereocenters. The van der Waals surface area contributed by atoms with Crippen molar-refractivity contribution in [3.05, 3.63) is 58.7 Å². The van der Waals surface area contributed by atoms with E-state index in [0.717, 1.165) is 10.4 Å². The summed E-state index contributed by atoms with van der Waals surface area (Å²) in [5.41, 5.74) is 1.40. The topological polar surface area (TPSA) is 91.5 Å². The van der Waals surface area contributed by atoms with Gasteiger partial charge in [0.25, 0.3) is 5.89 Å². The molecule has 0 saturated carbocycles. The normalized spacial score (nSPS) is 10.5. The zero-order valence-electron chi connectivity index (χ0n) is 14.0. The molecule has 3 rings (SSSR count). The monoisotopic (exact) mass is 372 g/mol. The Morgan fingerprint density at radius 3 is 2.69 bits per heavy atom. The minimum atomic E-state index is -0.391. The number of ether oxygens (including phenoxy) is 2. The van der Waals surface area contributed by atoms with Crippen molar-refractivity contribution in [1.82, 2.24) is 10.1 Å². The molecule has 0 fully saturated rings. The number of aromatic nitrogens is 2. The van der Waals surface area contributed by atoms with Gasteiger partial charge in [0, 0.05) is 6.42 Å². The third kappa shape index (κ3) is 4.54. The van der Waals surface area contributed by atoms with E-state index in [1.807, 2.05) is 17.5 Å². The Labute approximate surface area is 153 Å². The quantitative estimate of drug-likeness (QED) is 0.588. The van der Waals surface area contributed by atoms with Gasteiger partial charge in [-0.05, 0) is 35.6 Å². The zero-order chi connectivity index (χ0) is 18.4. The van der Waals surface area contributed by atoms with Crippen LogP contribution in [0.3, 0.4) is 0 Å². The van der Waals surface area contributed by atoms with Gasteiger partial charge in [-0.15, -0.1) is 11.3 Å². The molecule has 2 aromatic heterocycles. The molecule has 0 unspecified atom stereocenters. The number of aryl methyl sites for hydroxylation is 1. The summed E-state index contributed by atoms with van der Waals surface area (Å²) in [5.74, 6) is -0.0107. The molecule has 3 aromatic rings. The fourth-order valence-corrected chi connectivity index (χ4v) is 2.85. The summed E-state index contributed by atoms with van der Waals surface area (Å²) in [7, 11) is 1.33. The summed E-state index contributed by atoms with van der Waals surface area (Å²) >= 11 is 1.49. The number of hydrogen-bond donors (Lipinski definition) is 0. The first-order valence-corrected chi connectivity index (χ1v) is 8.73. The number of methoxy groups -OCH3 is 1. The van der Waals surface area contributed by atoms with Gasteiger partial charge in [-0.25, -0.2) is 4.79 Å². The number of rotatable bonds is 7. The highest BCUT2D eigenvalue weighted by Crippen LogP contribution is 2.22. The highest BCUT2D eigenvalue weighted by atomic mass is 32.1. The van der Waals surface area contributed by atoms with Crippen molar-refractivity contribution in [1.29, 1.82) is 0 Å². The molecular formula is C18H16N2O5S. The summed E-state index contributed by atoms with van der Waals surface area (Å²) in [4.78, 5) is 28.3. The van der Waals surface area contributed by atoms with Gasteiger partial charge >= 0.3 is 11.9 Å². The number of thiophene rings is 1. The zero-order valence-corrected chi connectivity index (χ0v) is 14.8. The molecule has 2 heterocycles. The van der Waals surface area contributed by atoms with Gasteiger partial charge < -0.3 is 14.0 Å². The van der Waals surface area contributed by atoms with Crippen LogP contribution < -0.4 is 0 Å². The van der Waals surface area contributed by atoms with Gasteiger partial charge in [-0.2, -0.15) is 4.98 Å². The Bertz CT molecular complexity index is 871. The molecule has 0 aliphatic carbocycles. The predicted molar refractivity (Wildman–Crippen MR) is 93.5 cm³/mol. The van der Waals surface area contributed by atoms with Crippen molar-refractivity contribution in [2.24, 2.45) is 0 Å². The highest BCUT2D eigenvalue weighted by Gasteiger charge is 2.12. The van der Waals surface area contributed by atoms with E-state index in [0.29, 0.717) is 23.7 Å². The second-order valence-electron chi connectivity index (χ2n) is 5.34. The van der Waals surface area contributed by atoms with Crippen LogP contribution in [0.25, 0.3) is 10.8 Å². The van der Waals surface area contributed by atoms with Crippen LogP contribution in [0.4, 0.5) is 0 Å². The van der Waals surface area contributed by atoms with E-state index in [-0.39, 0.29) is 19.0 Å². The van der Waals surface area contributed by atoms with E-state index >= 15 is 0 Å². The van der Waals surface area contributed by atoms with Crippen LogP contribution in [0.2, 0.25) is 0 Å². The molecule has 0 radical (unpaired) electrons. The van der Waals surface area contributed by atoms with Gasteiger partial charge in [0.2, 0.25) is 5.82 Å². The van der Waals surface area contributed by atoms with Crippen molar-refractivity contribution in [3.63, 3.8) is 0 Å². The summed E-state index contributed by atoms with van der Waals surface area (Å²) in [5, 5.41) is 5.71. The maximum Gasteiger partial charge on any atom is 0.337 e. The molecule has 1 aromatic carbocycles. The molecule has 0 aliphatic rings. The van der Waals surface area contributed by atoms with E-state index in [1.165, 1.54) is 18.4 Å². The predicted octanol–water partition coefficient (Wildman–Crippen LogP) is 3.26. The first-order chi connectivity index (χ1) is 12.7. The molecular weight excluding hydrogens is 356 g/mol. The molecule has 0 spiro atoms. The average Bonchev–Trinajstić information content (AvgIpc) is 3.36. The molecule has 0 bridgehead atoms. The minimum Gasteiger partial charge on any atom is -0.465 e. The number of esters is 2. The third-order valence-electron chi connectivity index (χ3n) is 3.56. The Morgan fingerprint density at radius 2 is 2.00 bits per heavy atom. The Hall–Kier alpha value is -3.00. The van der Waals surface area contributed by atoms with Crippen LogP contribution >= 0.6 is 11.3 Å². The van der Waals surface area contributed by atoms with Crippen LogP contribution in [0.1, 0.15) is 28.2 Å². The number of hydrogen-bond acceptors (Lipinski definition) is 8. The van der Waals surface area contributed by atoms with Crippen LogP contribution in [0.5, 0.6) is 0 Å². The SMILES string of the molecule is COC(=O)c1ccc(CCC(=O)OCc2noc(-c3cccs3)n2)cc1. The van der Waals surface area contributed by atoms with Crippen molar-refractivity contribution >= 4 is 23.3 Å². The third-order valence-corrected chi connectivity index (χ3v) is 4.41. The summed E-state index contributed by atoms with van der Waals surface area (Å²) in [6.07, 6.45) is 0.722. The molecule has 7 nitrogen and oxygen atoms in total. The lowest BCUT2D eigenvalue weighted by Gasteiger charge is -2.04. The van der Waals surface area contributed by atoms with Crippen molar-refractivity contribution < 1.29 is 23.6 Å². The smallest absolute Gasteiger partial charge is 0.337 e. The Morgan fingerprint density at radius 1 is 1.19 bits per heavy atom. The van der Waals surface area contributed by atoms with Gasteiger partial charge in [-0.1, -0.05) is 23.4 Å². The molecule has 0 saturated heterocycles. The molecule has 26 heavy (non-hydrogen) atoms. The molecule has 8 heteroatoms. The van der Waals surface area contributed by atoms with Gasteiger partial charge in [0.15, 0.2) is 6.61 Å². The lowest BCUT2D eigenvalue weighted by molar-refractivity contribution is -0.145. The largest absolute Gasteiger partial charge is 0.465 e. The van der Waals surface area contributed by atoms with Crippen LogP contribution in [0.15, 0.2) is 46.3 Å². The maximum atomic E-state index is 11.9. The fourth-order valence-electron chi connectivity index (χ4n) is 2.20. The first kappa shape index (κ1) is 17.8. The lowest BCUT2D eigenvalue weighted by Crippen LogP contribution is -2.07. The van der Waals surface area contributed by atoms with Gasteiger partial charge in [0.05, 0.1) is 17.6 Å². The molecule has 0 amide bonds. The number of nitrogens with zero attached hydrogens (tertiary/aromatic N) is 2. The van der Waals surface area contributed by atoms with Crippen LogP contribution in [-0.2, 0) is 27.3 Å². The van der Waals surface area contributed by atoms with E-state index in [9.17, 15) is 9.59 Å². The van der Waals surface area contributed by atoms with E-state index in [2.05, 4.69) is 14.9 Å². The van der Waals surface area contributed by atoms with Crippen LogP contribution in [0, 0.1) is 0 Å². The number of carbonyl (C=O) groups is 2. The first-order valence-electron chi connectivity index (χ1n) is 7.85. The minimum absolute atomic E-state index is 0.0328. The van der Waals surface area contributed by atoms with Crippen molar-refractivity contribution in [3.8, 4) is 10.8 Å². The Balaban J connectivity index is 1.45. The molecule has 0 aliphatic heterocycles. The summed E-state index contributed by atoms with van der Waals surface area (Å²) in [6.45, 7) is -0.0328. The summed E-state index contributed by atoms with van der Waals surface area (Å²) in [6, 6.07) is 10.7. The van der Waals surface area contributed by atoms with Crippen LogP contribution in [-0.4, -0.2) is 29.2 Å².